The van der Waals surface area contributed by atoms with Gasteiger partial charge in [0.1, 0.15) is 5.75 Å². The van der Waals surface area contributed by atoms with Crippen molar-refractivity contribution in [3.63, 3.8) is 0 Å². The van der Waals surface area contributed by atoms with Crippen LogP contribution in [0.1, 0.15) is 19.4 Å². The third kappa shape index (κ3) is 2.90. The lowest BCUT2D eigenvalue weighted by atomic mass is 9.99. The van der Waals surface area contributed by atoms with Crippen molar-refractivity contribution in [1.82, 2.24) is 0 Å². The van der Waals surface area contributed by atoms with E-state index in [0.717, 1.165) is 16.2 Å². The van der Waals surface area contributed by atoms with Gasteiger partial charge in [-0.15, -0.1) is 0 Å². The Bertz CT molecular complexity index is 544. The largest absolute Gasteiger partial charge is 0.507 e. The molecular weight excluding hydrogens is 243 g/mol. The van der Waals surface area contributed by atoms with Crippen LogP contribution >= 0.6 is 8.58 Å². The maximum atomic E-state index is 10.2. The molecule has 94 valence electrons. The van der Waals surface area contributed by atoms with Gasteiger partial charge in [-0.3, -0.25) is 0 Å². The van der Waals surface area contributed by atoms with E-state index in [1.165, 1.54) is 0 Å². The fourth-order valence-corrected chi connectivity index (χ4v) is 3.23. The van der Waals surface area contributed by atoms with Gasteiger partial charge in [-0.05, 0) is 30.8 Å². The van der Waals surface area contributed by atoms with Crippen molar-refractivity contribution in [2.75, 3.05) is 0 Å². The average Bonchev–Trinajstić information content (AvgIpc) is 2.31. The highest BCUT2D eigenvalue weighted by molar-refractivity contribution is 7.55. The molecule has 2 N–H and O–H groups in total. The molecule has 3 heteroatoms. The molecule has 2 rings (SSSR count). The molecule has 2 aromatic rings. The number of aliphatic hydroxyl groups is 1. The topological polar surface area (TPSA) is 40.5 Å². The SMILES string of the molecule is CC(C)(O)c1ccccc1Pc1ccccc1O. The van der Waals surface area contributed by atoms with Gasteiger partial charge in [0.2, 0.25) is 0 Å². The van der Waals surface area contributed by atoms with Gasteiger partial charge in [0.25, 0.3) is 0 Å². The molecule has 2 aromatic carbocycles. The van der Waals surface area contributed by atoms with Gasteiger partial charge >= 0.3 is 0 Å². The monoisotopic (exact) mass is 260 g/mol. The van der Waals surface area contributed by atoms with Crippen molar-refractivity contribution < 1.29 is 10.2 Å². The van der Waals surface area contributed by atoms with E-state index in [-0.39, 0.29) is 0 Å². The number of aromatic hydroxyl groups is 1. The number of rotatable bonds is 3. The predicted molar refractivity (Wildman–Crippen MR) is 77.4 cm³/mol. The van der Waals surface area contributed by atoms with Crippen molar-refractivity contribution >= 4 is 19.2 Å². The lowest BCUT2D eigenvalue weighted by Gasteiger charge is -2.21. The van der Waals surface area contributed by atoms with Crippen LogP contribution in [0.3, 0.4) is 0 Å². The zero-order valence-electron chi connectivity index (χ0n) is 10.5. The third-order valence-corrected chi connectivity index (χ3v) is 4.16. The highest BCUT2D eigenvalue weighted by atomic mass is 31.1. The van der Waals surface area contributed by atoms with E-state index in [1.807, 2.05) is 42.5 Å². The summed E-state index contributed by atoms with van der Waals surface area (Å²) >= 11 is 0. The minimum atomic E-state index is -0.867. The summed E-state index contributed by atoms with van der Waals surface area (Å²) in [6, 6.07) is 15.1. The van der Waals surface area contributed by atoms with Crippen LogP contribution in [0.15, 0.2) is 48.5 Å². The number of hydrogen-bond donors (Lipinski definition) is 2. The van der Waals surface area contributed by atoms with Gasteiger partial charge in [0, 0.05) is 5.30 Å². The van der Waals surface area contributed by atoms with Crippen LogP contribution < -0.4 is 10.6 Å². The van der Waals surface area contributed by atoms with Gasteiger partial charge in [-0.1, -0.05) is 51.0 Å². The normalized spacial score (nSPS) is 12.2. The summed E-state index contributed by atoms with van der Waals surface area (Å²) in [4.78, 5) is 0. The summed E-state index contributed by atoms with van der Waals surface area (Å²) in [6.07, 6.45) is 0. The van der Waals surface area contributed by atoms with Crippen LogP contribution in [-0.4, -0.2) is 10.2 Å². The molecule has 0 bridgehead atoms. The fraction of sp³-hybridized carbons (Fsp3) is 0.200. The Labute approximate surface area is 109 Å². The molecule has 0 aliphatic heterocycles. The predicted octanol–water partition coefficient (Wildman–Crippen LogP) is 2.25. The quantitative estimate of drug-likeness (QED) is 0.831. The van der Waals surface area contributed by atoms with Crippen molar-refractivity contribution in [2.24, 2.45) is 0 Å². The molecule has 18 heavy (non-hydrogen) atoms. The van der Waals surface area contributed by atoms with Crippen LogP contribution in [0, 0.1) is 0 Å². The van der Waals surface area contributed by atoms with Crippen LogP contribution in [-0.2, 0) is 5.60 Å². The smallest absolute Gasteiger partial charge is 0.123 e. The highest BCUT2D eigenvalue weighted by Crippen LogP contribution is 2.25. The third-order valence-electron chi connectivity index (χ3n) is 2.76. The molecule has 2 nitrogen and oxygen atoms in total. The van der Waals surface area contributed by atoms with Crippen molar-refractivity contribution in [1.29, 1.82) is 0 Å². The number of phenols is 1. The van der Waals surface area contributed by atoms with Crippen molar-refractivity contribution in [2.45, 2.75) is 19.4 Å². The molecule has 0 aliphatic rings. The van der Waals surface area contributed by atoms with E-state index in [2.05, 4.69) is 0 Å². The second-order valence-corrected chi connectivity index (χ2v) is 6.07. The van der Waals surface area contributed by atoms with Crippen LogP contribution in [0.25, 0.3) is 0 Å². The van der Waals surface area contributed by atoms with Crippen molar-refractivity contribution in [3.05, 3.63) is 54.1 Å². The zero-order chi connectivity index (χ0) is 13.2. The fourth-order valence-electron chi connectivity index (χ4n) is 1.85. The summed E-state index contributed by atoms with van der Waals surface area (Å²) in [6.45, 7) is 3.56. The molecule has 0 spiro atoms. The molecule has 0 aromatic heterocycles. The Kier molecular flexibility index (Phi) is 3.70. The molecule has 0 aliphatic carbocycles. The molecule has 0 fully saturated rings. The van der Waals surface area contributed by atoms with Gasteiger partial charge < -0.3 is 10.2 Å². The van der Waals surface area contributed by atoms with Crippen LogP contribution in [0.4, 0.5) is 0 Å². The number of phenolic OH excluding ortho intramolecular Hbond substituents is 1. The summed E-state index contributed by atoms with van der Waals surface area (Å²) in [5.41, 5.74) is 0.0418. The maximum absolute atomic E-state index is 10.2. The Morgan fingerprint density at radius 1 is 0.889 bits per heavy atom. The lowest BCUT2D eigenvalue weighted by molar-refractivity contribution is 0.0797. The number of para-hydroxylation sites is 1. The van der Waals surface area contributed by atoms with E-state index < -0.39 is 5.60 Å². The second-order valence-electron chi connectivity index (χ2n) is 4.75. The van der Waals surface area contributed by atoms with Gasteiger partial charge in [-0.25, -0.2) is 0 Å². The second kappa shape index (κ2) is 5.09. The molecule has 1 unspecified atom stereocenters. The Morgan fingerprint density at radius 3 is 2.06 bits per heavy atom. The summed E-state index contributed by atoms with van der Waals surface area (Å²) in [5, 5.41) is 21.9. The Balaban J connectivity index is 2.39. The van der Waals surface area contributed by atoms with E-state index in [9.17, 15) is 10.2 Å². The van der Waals surface area contributed by atoms with E-state index in [4.69, 9.17) is 0 Å². The molecule has 0 amide bonds. The van der Waals surface area contributed by atoms with Gasteiger partial charge in [0.15, 0.2) is 0 Å². The van der Waals surface area contributed by atoms with Gasteiger partial charge in [-0.2, -0.15) is 0 Å². The standard InChI is InChI=1S/C15H17O2P/c1-15(2,17)11-7-3-5-9-13(11)18-14-10-6-4-8-12(14)16/h3-10,16-18H,1-2H3. The summed E-state index contributed by atoms with van der Waals surface area (Å²) in [7, 11) is 0.338. The summed E-state index contributed by atoms with van der Waals surface area (Å²) < 4.78 is 0. The molecule has 0 saturated heterocycles. The Hall–Kier alpha value is -1.37. The maximum Gasteiger partial charge on any atom is 0.123 e. The lowest BCUT2D eigenvalue weighted by Crippen LogP contribution is -2.23. The molecule has 0 radical (unpaired) electrons. The first-order valence-corrected chi connectivity index (χ1v) is 6.85. The molecule has 0 heterocycles. The highest BCUT2D eigenvalue weighted by Gasteiger charge is 2.19. The van der Waals surface area contributed by atoms with Crippen LogP contribution in [0.2, 0.25) is 0 Å². The Morgan fingerprint density at radius 2 is 1.44 bits per heavy atom. The first-order chi connectivity index (χ1) is 8.48. The van der Waals surface area contributed by atoms with E-state index in [1.54, 1.807) is 19.9 Å². The van der Waals surface area contributed by atoms with Gasteiger partial charge in [0.05, 0.1) is 5.60 Å². The summed E-state index contributed by atoms with van der Waals surface area (Å²) in [5.74, 6) is 0.307. The molecule has 0 saturated carbocycles. The zero-order valence-corrected chi connectivity index (χ0v) is 11.5. The molecular formula is C15H17O2P. The first-order valence-electron chi connectivity index (χ1n) is 5.85. The minimum absolute atomic E-state index is 0.307. The van der Waals surface area contributed by atoms with Crippen molar-refractivity contribution in [3.8, 4) is 5.75 Å². The first kappa shape index (κ1) is 13.1. The van der Waals surface area contributed by atoms with E-state index in [0.29, 0.717) is 14.3 Å². The van der Waals surface area contributed by atoms with Crippen LogP contribution in [0.5, 0.6) is 5.75 Å². The number of hydrogen-bond acceptors (Lipinski definition) is 2. The van der Waals surface area contributed by atoms with E-state index >= 15 is 0 Å². The number of benzene rings is 2. The minimum Gasteiger partial charge on any atom is -0.507 e. The molecule has 1 atom stereocenters. The average molecular weight is 260 g/mol.